The van der Waals surface area contributed by atoms with Crippen molar-refractivity contribution >= 4 is 5.97 Å². The number of carboxylic acid groups (broad SMARTS) is 1. The van der Waals surface area contributed by atoms with Crippen molar-refractivity contribution in [3.63, 3.8) is 0 Å². The van der Waals surface area contributed by atoms with Gasteiger partial charge in [0, 0.05) is 6.42 Å². The second-order valence-electron chi connectivity index (χ2n) is 5.08. The van der Waals surface area contributed by atoms with E-state index in [2.05, 4.69) is 10.1 Å². The van der Waals surface area contributed by atoms with Gasteiger partial charge in [-0.1, -0.05) is 19.0 Å². The van der Waals surface area contributed by atoms with Crippen molar-refractivity contribution in [2.45, 2.75) is 27.2 Å². The minimum Gasteiger partial charge on any atom is -0.481 e. The molecule has 1 N–H and O–H groups in total. The Labute approximate surface area is 110 Å². The van der Waals surface area contributed by atoms with Gasteiger partial charge in [0.25, 0.3) is 0 Å². The summed E-state index contributed by atoms with van der Waals surface area (Å²) in [4.78, 5) is 15.6. The molecule has 0 aliphatic heterocycles. The molecule has 2 heterocycles. The van der Waals surface area contributed by atoms with Crippen LogP contribution in [0.2, 0.25) is 0 Å². The van der Waals surface area contributed by atoms with Crippen LogP contribution < -0.4 is 0 Å². The van der Waals surface area contributed by atoms with E-state index < -0.39 is 11.4 Å². The SMILES string of the molecule is CC(C)C(C)(Cc1nc(-c2ccoc2)no1)C(=O)O. The first-order valence-electron chi connectivity index (χ1n) is 6.02. The Morgan fingerprint density at radius 2 is 2.26 bits per heavy atom. The van der Waals surface area contributed by atoms with Gasteiger partial charge in [0.2, 0.25) is 11.7 Å². The fourth-order valence-corrected chi connectivity index (χ4v) is 1.68. The van der Waals surface area contributed by atoms with Gasteiger partial charge in [-0.15, -0.1) is 0 Å². The number of nitrogens with zero attached hydrogens (tertiary/aromatic N) is 2. The molecule has 19 heavy (non-hydrogen) atoms. The van der Waals surface area contributed by atoms with Crippen molar-refractivity contribution in [3.8, 4) is 11.4 Å². The Morgan fingerprint density at radius 3 is 2.79 bits per heavy atom. The molecule has 2 aromatic rings. The lowest BCUT2D eigenvalue weighted by Gasteiger charge is -2.27. The van der Waals surface area contributed by atoms with E-state index in [1.165, 1.54) is 12.5 Å². The first kappa shape index (κ1) is 13.3. The summed E-state index contributed by atoms with van der Waals surface area (Å²) >= 11 is 0. The lowest BCUT2D eigenvalue weighted by atomic mass is 9.76. The van der Waals surface area contributed by atoms with Crippen LogP contribution in [0.1, 0.15) is 26.7 Å². The number of hydrogen-bond acceptors (Lipinski definition) is 5. The summed E-state index contributed by atoms with van der Waals surface area (Å²) in [6.45, 7) is 5.41. The average Bonchev–Trinajstić information content (AvgIpc) is 2.97. The minimum atomic E-state index is -0.930. The third kappa shape index (κ3) is 2.52. The molecule has 0 bridgehead atoms. The van der Waals surface area contributed by atoms with Gasteiger partial charge in [-0.25, -0.2) is 0 Å². The second-order valence-corrected chi connectivity index (χ2v) is 5.08. The summed E-state index contributed by atoms with van der Waals surface area (Å²) in [6, 6.07) is 1.72. The fraction of sp³-hybridized carbons (Fsp3) is 0.462. The number of aliphatic carboxylic acids is 1. The summed E-state index contributed by atoms with van der Waals surface area (Å²) in [5.74, 6) is -0.199. The molecule has 0 amide bonds. The Morgan fingerprint density at radius 1 is 1.53 bits per heavy atom. The van der Waals surface area contributed by atoms with Gasteiger partial charge in [-0.05, 0) is 18.9 Å². The van der Waals surface area contributed by atoms with Gasteiger partial charge in [0.15, 0.2) is 0 Å². The van der Waals surface area contributed by atoms with E-state index in [1.54, 1.807) is 13.0 Å². The van der Waals surface area contributed by atoms with Crippen LogP contribution in [0, 0.1) is 11.3 Å². The van der Waals surface area contributed by atoms with E-state index in [0.717, 1.165) is 0 Å². The molecule has 0 fully saturated rings. The third-order valence-corrected chi connectivity index (χ3v) is 3.53. The van der Waals surface area contributed by atoms with Crippen molar-refractivity contribution in [2.24, 2.45) is 11.3 Å². The molecule has 102 valence electrons. The van der Waals surface area contributed by atoms with Crippen LogP contribution in [-0.2, 0) is 11.2 Å². The first-order valence-corrected chi connectivity index (χ1v) is 6.02. The van der Waals surface area contributed by atoms with Crippen molar-refractivity contribution < 1.29 is 18.8 Å². The Kier molecular flexibility index (Phi) is 3.42. The van der Waals surface area contributed by atoms with Gasteiger partial charge >= 0.3 is 5.97 Å². The number of carbonyl (C=O) groups is 1. The molecule has 0 saturated heterocycles. The van der Waals surface area contributed by atoms with Crippen LogP contribution in [0.5, 0.6) is 0 Å². The monoisotopic (exact) mass is 264 g/mol. The van der Waals surface area contributed by atoms with Crippen molar-refractivity contribution in [1.29, 1.82) is 0 Å². The summed E-state index contributed by atoms with van der Waals surface area (Å²) in [7, 11) is 0. The highest BCUT2D eigenvalue weighted by molar-refractivity contribution is 5.74. The molecular weight excluding hydrogens is 248 g/mol. The molecule has 0 spiro atoms. The molecule has 0 radical (unpaired) electrons. The van der Waals surface area contributed by atoms with Gasteiger partial charge in [0.05, 0.1) is 17.2 Å². The maximum absolute atomic E-state index is 11.4. The van der Waals surface area contributed by atoms with E-state index in [0.29, 0.717) is 17.3 Å². The van der Waals surface area contributed by atoms with Crippen molar-refractivity contribution in [2.75, 3.05) is 0 Å². The van der Waals surface area contributed by atoms with Crippen LogP contribution >= 0.6 is 0 Å². The molecule has 2 aromatic heterocycles. The smallest absolute Gasteiger partial charge is 0.310 e. The number of hydrogen-bond donors (Lipinski definition) is 1. The zero-order chi connectivity index (χ0) is 14.0. The molecule has 0 aliphatic rings. The van der Waals surface area contributed by atoms with Gasteiger partial charge < -0.3 is 14.0 Å². The van der Waals surface area contributed by atoms with Gasteiger partial charge in [-0.2, -0.15) is 4.98 Å². The van der Waals surface area contributed by atoms with Crippen LogP contribution in [0.15, 0.2) is 27.5 Å². The number of aromatic nitrogens is 2. The molecule has 0 aliphatic carbocycles. The summed E-state index contributed by atoms with van der Waals surface area (Å²) < 4.78 is 10.1. The predicted molar refractivity (Wildman–Crippen MR) is 66.3 cm³/mol. The van der Waals surface area contributed by atoms with Crippen LogP contribution in [-0.4, -0.2) is 21.2 Å². The van der Waals surface area contributed by atoms with E-state index in [-0.39, 0.29) is 12.3 Å². The van der Waals surface area contributed by atoms with Crippen LogP contribution in [0.25, 0.3) is 11.4 Å². The summed E-state index contributed by atoms with van der Waals surface area (Å²) in [5.41, 5.74) is -0.225. The van der Waals surface area contributed by atoms with E-state index in [1.807, 2.05) is 13.8 Å². The maximum Gasteiger partial charge on any atom is 0.310 e. The third-order valence-electron chi connectivity index (χ3n) is 3.53. The topological polar surface area (TPSA) is 89.4 Å². The summed E-state index contributed by atoms with van der Waals surface area (Å²) in [5, 5.41) is 13.2. The molecule has 2 rings (SSSR count). The van der Waals surface area contributed by atoms with E-state index >= 15 is 0 Å². The highest BCUT2D eigenvalue weighted by Crippen LogP contribution is 2.31. The zero-order valence-electron chi connectivity index (χ0n) is 11.1. The highest BCUT2D eigenvalue weighted by atomic mass is 16.5. The minimum absolute atomic E-state index is 0.0470. The molecule has 6 heteroatoms. The molecular formula is C13H16N2O4. The van der Waals surface area contributed by atoms with Gasteiger partial charge in [0.1, 0.15) is 6.26 Å². The molecule has 6 nitrogen and oxygen atoms in total. The van der Waals surface area contributed by atoms with Gasteiger partial charge in [-0.3, -0.25) is 4.79 Å². The Bertz CT molecular complexity index is 559. The predicted octanol–water partition coefficient (Wildman–Crippen LogP) is 2.62. The lowest BCUT2D eigenvalue weighted by molar-refractivity contribution is -0.150. The number of rotatable bonds is 5. The Balaban J connectivity index is 2.22. The number of carboxylic acids is 1. The molecule has 1 atom stereocenters. The van der Waals surface area contributed by atoms with Crippen molar-refractivity contribution in [1.82, 2.24) is 10.1 Å². The first-order chi connectivity index (χ1) is 8.93. The standard InChI is InChI=1S/C13H16N2O4/c1-8(2)13(3,12(16)17)6-10-14-11(15-19-10)9-4-5-18-7-9/h4-5,7-8H,6H2,1-3H3,(H,16,17). The summed E-state index contributed by atoms with van der Waals surface area (Å²) in [6.07, 6.45) is 3.22. The average molecular weight is 264 g/mol. The maximum atomic E-state index is 11.4. The zero-order valence-corrected chi connectivity index (χ0v) is 11.1. The quantitative estimate of drug-likeness (QED) is 0.892. The van der Waals surface area contributed by atoms with Crippen LogP contribution in [0.3, 0.4) is 0 Å². The fourth-order valence-electron chi connectivity index (χ4n) is 1.68. The number of furan rings is 1. The molecule has 0 saturated carbocycles. The van der Waals surface area contributed by atoms with Crippen LogP contribution in [0.4, 0.5) is 0 Å². The largest absolute Gasteiger partial charge is 0.481 e. The Hall–Kier alpha value is -2.11. The second kappa shape index (κ2) is 4.87. The van der Waals surface area contributed by atoms with Crippen molar-refractivity contribution in [3.05, 3.63) is 24.5 Å². The lowest BCUT2D eigenvalue weighted by Crippen LogP contribution is -2.35. The normalized spacial score (nSPS) is 14.5. The van der Waals surface area contributed by atoms with E-state index in [4.69, 9.17) is 8.94 Å². The highest BCUT2D eigenvalue weighted by Gasteiger charge is 2.38. The molecule has 1 unspecified atom stereocenters. The van der Waals surface area contributed by atoms with E-state index in [9.17, 15) is 9.90 Å². The molecule has 0 aromatic carbocycles.